The number of hydrogen-bond acceptors (Lipinski definition) is 1. The molecule has 1 fully saturated rings. The molecular formula is C15H21N. The molecule has 0 aliphatic heterocycles. The molecule has 0 amide bonds. The molecule has 1 aromatic carbocycles. The molecule has 1 aliphatic carbocycles. The summed E-state index contributed by atoms with van der Waals surface area (Å²) in [5, 5.41) is 3.63. The minimum atomic E-state index is 0.703. The summed E-state index contributed by atoms with van der Waals surface area (Å²) in [4.78, 5) is 0. The summed E-state index contributed by atoms with van der Waals surface area (Å²) in [5.41, 5.74) is 2.57. The number of rotatable bonds is 3. The third-order valence-electron chi connectivity index (χ3n) is 3.22. The van der Waals surface area contributed by atoms with Crippen molar-refractivity contribution < 1.29 is 0 Å². The molecule has 1 aliphatic rings. The molecule has 1 heteroatoms. The summed E-state index contributed by atoms with van der Waals surface area (Å²) in [6, 6.07) is 11.2. The van der Waals surface area contributed by atoms with Crippen molar-refractivity contribution in [2.75, 3.05) is 0 Å². The van der Waals surface area contributed by atoms with Crippen LogP contribution in [0.5, 0.6) is 0 Å². The average Bonchev–Trinajstić information content (AvgIpc) is 2.31. The Hall–Kier alpha value is -1.24. The van der Waals surface area contributed by atoms with E-state index in [4.69, 9.17) is 0 Å². The smallest absolute Gasteiger partial charge is 0.0258 e. The molecule has 1 saturated carbocycles. The van der Waals surface area contributed by atoms with Gasteiger partial charge in [0.05, 0.1) is 0 Å². The highest BCUT2D eigenvalue weighted by Crippen LogP contribution is 2.18. The highest BCUT2D eigenvalue weighted by Gasteiger charge is 2.12. The van der Waals surface area contributed by atoms with Gasteiger partial charge in [0.15, 0.2) is 0 Å². The fraction of sp³-hybridized carbons (Fsp3) is 0.467. The maximum absolute atomic E-state index is 3.63. The van der Waals surface area contributed by atoms with Crippen LogP contribution in [0.1, 0.15) is 44.6 Å². The lowest BCUT2D eigenvalue weighted by Crippen LogP contribution is -2.29. The lowest BCUT2D eigenvalue weighted by atomic mass is 9.95. The quantitative estimate of drug-likeness (QED) is 0.804. The molecule has 0 spiro atoms. The Morgan fingerprint density at radius 2 is 1.81 bits per heavy atom. The molecular weight excluding hydrogens is 194 g/mol. The average molecular weight is 215 g/mol. The van der Waals surface area contributed by atoms with E-state index in [-0.39, 0.29) is 0 Å². The number of benzene rings is 1. The number of allylic oxidation sites excluding steroid dienone is 1. The number of hydrogen-bond donors (Lipinski definition) is 1. The molecule has 0 atom stereocenters. The van der Waals surface area contributed by atoms with Crippen LogP contribution in [0.3, 0.4) is 0 Å². The van der Waals surface area contributed by atoms with E-state index in [0.29, 0.717) is 6.04 Å². The first kappa shape index (κ1) is 11.3. The molecule has 0 bridgehead atoms. The van der Waals surface area contributed by atoms with E-state index in [1.165, 1.54) is 43.4 Å². The molecule has 16 heavy (non-hydrogen) atoms. The summed E-state index contributed by atoms with van der Waals surface area (Å²) in [6.45, 7) is 2.17. The Bertz CT molecular complexity index is 334. The molecule has 0 saturated heterocycles. The monoisotopic (exact) mass is 215 g/mol. The first-order valence-corrected chi connectivity index (χ1v) is 6.34. The fourth-order valence-corrected chi connectivity index (χ4v) is 2.41. The van der Waals surface area contributed by atoms with E-state index in [1.54, 1.807) is 0 Å². The van der Waals surface area contributed by atoms with Crippen molar-refractivity contribution in [3.8, 4) is 0 Å². The van der Waals surface area contributed by atoms with Gasteiger partial charge in [0.2, 0.25) is 0 Å². The normalized spacial score (nSPS) is 18.4. The van der Waals surface area contributed by atoms with Crippen LogP contribution in [0.4, 0.5) is 0 Å². The lowest BCUT2D eigenvalue weighted by Gasteiger charge is -2.24. The van der Waals surface area contributed by atoms with Gasteiger partial charge in [-0.15, -0.1) is 0 Å². The van der Waals surface area contributed by atoms with Crippen LogP contribution in [0.25, 0.3) is 6.08 Å². The predicted molar refractivity (Wildman–Crippen MR) is 70.1 cm³/mol. The Morgan fingerprint density at radius 3 is 2.50 bits per heavy atom. The maximum Gasteiger partial charge on any atom is 0.0258 e. The highest BCUT2D eigenvalue weighted by molar-refractivity contribution is 5.51. The van der Waals surface area contributed by atoms with Crippen molar-refractivity contribution in [3.63, 3.8) is 0 Å². The predicted octanol–water partition coefficient (Wildman–Crippen LogP) is 3.97. The highest BCUT2D eigenvalue weighted by atomic mass is 14.9. The van der Waals surface area contributed by atoms with Crippen molar-refractivity contribution in [2.24, 2.45) is 0 Å². The molecule has 0 aromatic heterocycles. The van der Waals surface area contributed by atoms with Gasteiger partial charge >= 0.3 is 0 Å². The Morgan fingerprint density at radius 1 is 1.12 bits per heavy atom. The maximum atomic E-state index is 3.63. The van der Waals surface area contributed by atoms with Crippen LogP contribution < -0.4 is 5.32 Å². The van der Waals surface area contributed by atoms with Gasteiger partial charge in [0.25, 0.3) is 0 Å². The van der Waals surface area contributed by atoms with Gasteiger partial charge < -0.3 is 5.32 Å². The van der Waals surface area contributed by atoms with Crippen LogP contribution in [0, 0.1) is 0 Å². The molecule has 1 N–H and O–H groups in total. The van der Waals surface area contributed by atoms with Gasteiger partial charge in [-0.1, -0.05) is 49.6 Å². The summed E-state index contributed by atoms with van der Waals surface area (Å²) in [6.07, 6.45) is 9.08. The Balaban J connectivity index is 1.91. The topological polar surface area (TPSA) is 12.0 Å². The minimum absolute atomic E-state index is 0.703. The van der Waals surface area contributed by atoms with Crippen molar-refractivity contribution in [1.82, 2.24) is 5.32 Å². The van der Waals surface area contributed by atoms with Crippen molar-refractivity contribution in [3.05, 3.63) is 41.6 Å². The summed E-state index contributed by atoms with van der Waals surface area (Å²) in [7, 11) is 0. The van der Waals surface area contributed by atoms with Gasteiger partial charge in [0.1, 0.15) is 0 Å². The van der Waals surface area contributed by atoms with E-state index >= 15 is 0 Å². The van der Waals surface area contributed by atoms with E-state index in [1.807, 2.05) is 0 Å². The zero-order valence-electron chi connectivity index (χ0n) is 10.1. The zero-order valence-corrected chi connectivity index (χ0v) is 10.1. The second kappa shape index (κ2) is 5.74. The molecule has 1 aromatic rings. The molecule has 86 valence electrons. The largest absolute Gasteiger partial charge is 0.386 e. The standard InChI is InChI=1S/C15H21N/c1-13(12-14-8-4-2-5-9-14)16-15-10-6-3-7-11-15/h2,4-5,8-9,12,15-16H,3,6-7,10-11H2,1H3/b13-12+. The first-order valence-electron chi connectivity index (χ1n) is 6.34. The number of nitrogens with one attached hydrogen (secondary N) is 1. The molecule has 0 unspecified atom stereocenters. The first-order chi connectivity index (χ1) is 7.84. The lowest BCUT2D eigenvalue weighted by molar-refractivity contribution is 0.397. The molecule has 0 heterocycles. The van der Waals surface area contributed by atoms with Gasteiger partial charge in [-0.3, -0.25) is 0 Å². The minimum Gasteiger partial charge on any atom is -0.386 e. The van der Waals surface area contributed by atoms with Crippen molar-refractivity contribution in [1.29, 1.82) is 0 Å². The van der Waals surface area contributed by atoms with E-state index in [9.17, 15) is 0 Å². The van der Waals surface area contributed by atoms with Crippen LogP contribution in [0.15, 0.2) is 36.0 Å². The van der Waals surface area contributed by atoms with Crippen LogP contribution >= 0.6 is 0 Å². The van der Waals surface area contributed by atoms with Crippen molar-refractivity contribution >= 4 is 6.08 Å². The van der Waals surface area contributed by atoms with Crippen LogP contribution in [0.2, 0.25) is 0 Å². The van der Waals surface area contributed by atoms with Crippen LogP contribution in [-0.2, 0) is 0 Å². The molecule has 0 radical (unpaired) electrons. The van der Waals surface area contributed by atoms with Crippen molar-refractivity contribution in [2.45, 2.75) is 45.1 Å². The third-order valence-corrected chi connectivity index (χ3v) is 3.22. The van der Waals surface area contributed by atoms with Crippen LogP contribution in [-0.4, -0.2) is 6.04 Å². The Labute approximate surface area is 98.6 Å². The second-order valence-corrected chi connectivity index (χ2v) is 4.72. The fourth-order valence-electron chi connectivity index (χ4n) is 2.41. The second-order valence-electron chi connectivity index (χ2n) is 4.72. The summed E-state index contributed by atoms with van der Waals surface area (Å²) >= 11 is 0. The van der Waals surface area contributed by atoms with E-state index in [0.717, 1.165) is 0 Å². The van der Waals surface area contributed by atoms with Gasteiger partial charge in [0, 0.05) is 11.7 Å². The summed E-state index contributed by atoms with van der Waals surface area (Å²) in [5.74, 6) is 0. The van der Waals surface area contributed by atoms with Gasteiger partial charge in [-0.05, 0) is 31.4 Å². The van der Waals surface area contributed by atoms with Gasteiger partial charge in [-0.25, -0.2) is 0 Å². The zero-order chi connectivity index (χ0) is 11.2. The SMILES string of the molecule is C/C(=C\c1ccccc1)NC1CCCCC1. The summed E-state index contributed by atoms with van der Waals surface area (Å²) < 4.78 is 0. The van der Waals surface area contributed by atoms with E-state index < -0.39 is 0 Å². The third kappa shape index (κ3) is 3.41. The molecule has 1 nitrogen and oxygen atoms in total. The van der Waals surface area contributed by atoms with Gasteiger partial charge in [-0.2, -0.15) is 0 Å². The molecule has 2 rings (SSSR count). The van der Waals surface area contributed by atoms with E-state index in [2.05, 4.69) is 48.6 Å². The Kier molecular flexibility index (Phi) is 4.03.